The van der Waals surface area contributed by atoms with Crippen LogP contribution in [0.25, 0.3) is 0 Å². The highest BCUT2D eigenvalue weighted by Crippen LogP contribution is 2.28. The van der Waals surface area contributed by atoms with Gasteiger partial charge in [-0.25, -0.2) is 0 Å². The molecule has 1 fully saturated rings. The van der Waals surface area contributed by atoms with E-state index in [2.05, 4.69) is 16.6 Å². The molecule has 1 amide bonds. The van der Waals surface area contributed by atoms with Gasteiger partial charge in [-0.05, 0) is 25.2 Å². The van der Waals surface area contributed by atoms with Crippen molar-refractivity contribution in [1.82, 2.24) is 10.6 Å². The zero-order chi connectivity index (χ0) is 11.6. The molecule has 4 nitrogen and oxygen atoms in total. The summed E-state index contributed by atoms with van der Waals surface area (Å²) in [5, 5.41) is 5.63. The molecule has 0 bridgehead atoms. The molecule has 2 N–H and O–H groups in total. The molecule has 0 unspecified atom stereocenters. The summed E-state index contributed by atoms with van der Waals surface area (Å²) < 4.78 is 5.44. The predicted octanol–water partition coefficient (Wildman–Crippen LogP) is 0.142. The molecule has 1 aliphatic rings. The maximum atomic E-state index is 11.2. The second-order valence-corrected chi connectivity index (χ2v) is 4.03. The van der Waals surface area contributed by atoms with Crippen LogP contribution in [0.3, 0.4) is 0 Å². The van der Waals surface area contributed by atoms with Crippen molar-refractivity contribution in [1.29, 1.82) is 0 Å². The van der Waals surface area contributed by atoms with Crippen LogP contribution in [0.4, 0.5) is 0 Å². The Kier molecular flexibility index (Phi) is 6.62. The monoisotopic (exact) mass is 224 g/mol. The van der Waals surface area contributed by atoms with Crippen molar-refractivity contribution in [3.8, 4) is 12.3 Å². The van der Waals surface area contributed by atoms with Crippen molar-refractivity contribution in [2.75, 3.05) is 32.8 Å². The van der Waals surface area contributed by atoms with Crippen molar-refractivity contribution in [3.05, 3.63) is 0 Å². The fourth-order valence-electron chi connectivity index (χ4n) is 1.25. The van der Waals surface area contributed by atoms with Crippen molar-refractivity contribution >= 4 is 5.91 Å². The molecule has 0 aromatic heterocycles. The summed E-state index contributed by atoms with van der Waals surface area (Å²) in [4.78, 5) is 11.2. The third kappa shape index (κ3) is 7.27. The molecule has 0 aromatic rings. The van der Waals surface area contributed by atoms with E-state index in [1.165, 1.54) is 12.8 Å². The Labute approximate surface area is 97.1 Å². The molecule has 0 aromatic carbocycles. The summed E-state index contributed by atoms with van der Waals surface area (Å²) in [6.45, 7) is 3.00. The average molecular weight is 224 g/mol. The topological polar surface area (TPSA) is 50.4 Å². The van der Waals surface area contributed by atoms with Crippen LogP contribution >= 0.6 is 0 Å². The Balaban J connectivity index is 1.78. The quantitative estimate of drug-likeness (QED) is 0.433. The molecule has 4 heteroatoms. The number of ether oxygens (including phenoxy) is 1. The van der Waals surface area contributed by atoms with Gasteiger partial charge in [0.15, 0.2) is 0 Å². The Morgan fingerprint density at radius 2 is 2.31 bits per heavy atom. The molecule has 0 radical (unpaired) electrons. The van der Waals surface area contributed by atoms with Gasteiger partial charge in [-0.15, -0.1) is 6.42 Å². The van der Waals surface area contributed by atoms with Crippen molar-refractivity contribution in [2.24, 2.45) is 5.92 Å². The van der Waals surface area contributed by atoms with E-state index in [4.69, 9.17) is 11.2 Å². The van der Waals surface area contributed by atoms with Gasteiger partial charge in [0.25, 0.3) is 0 Å². The van der Waals surface area contributed by atoms with Crippen LogP contribution in [0.1, 0.15) is 19.3 Å². The van der Waals surface area contributed by atoms with E-state index in [0.717, 1.165) is 25.6 Å². The summed E-state index contributed by atoms with van der Waals surface area (Å²) >= 11 is 0. The summed E-state index contributed by atoms with van der Waals surface area (Å²) in [6, 6.07) is 0. The van der Waals surface area contributed by atoms with Gasteiger partial charge >= 0.3 is 0 Å². The van der Waals surface area contributed by atoms with Crippen molar-refractivity contribution in [3.63, 3.8) is 0 Å². The van der Waals surface area contributed by atoms with Crippen LogP contribution in [0.2, 0.25) is 0 Å². The number of amides is 1. The van der Waals surface area contributed by atoms with E-state index in [1.54, 1.807) is 0 Å². The van der Waals surface area contributed by atoms with Crippen molar-refractivity contribution < 1.29 is 9.53 Å². The fourth-order valence-corrected chi connectivity index (χ4v) is 1.25. The Hall–Kier alpha value is -1.05. The van der Waals surface area contributed by atoms with Crippen LogP contribution < -0.4 is 10.6 Å². The standard InChI is InChI=1S/C12H20N2O2/c1-2-6-13-9-12(15)14-7-3-8-16-10-11-4-5-11/h1,11,13H,3-10H2,(H,14,15). The predicted molar refractivity (Wildman–Crippen MR) is 62.9 cm³/mol. The lowest BCUT2D eigenvalue weighted by Crippen LogP contribution is -2.34. The van der Waals surface area contributed by atoms with E-state index < -0.39 is 0 Å². The third-order valence-electron chi connectivity index (χ3n) is 2.35. The lowest BCUT2D eigenvalue weighted by atomic mass is 10.4. The molecule has 1 rings (SSSR count). The highest BCUT2D eigenvalue weighted by Gasteiger charge is 2.20. The first-order chi connectivity index (χ1) is 7.83. The number of hydrogen-bond donors (Lipinski definition) is 2. The van der Waals surface area contributed by atoms with E-state index in [9.17, 15) is 4.79 Å². The highest BCUT2D eigenvalue weighted by atomic mass is 16.5. The SMILES string of the molecule is C#CCNCC(=O)NCCCOCC1CC1. The lowest BCUT2D eigenvalue weighted by Gasteiger charge is -2.05. The molecule has 0 atom stereocenters. The normalized spacial score (nSPS) is 14.4. The number of rotatable bonds is 9. The second kappa shape index (κ2) is 8.14. The molecule has 0 heterocycles. The van der Waals surface area contributed by atoms with Gasteiger partial charge in [-0.3, -0.25) is 10.1 Å². The average Bonchev–Trinajstić information content (AvgIpc) is 3.07. The summed E-state index contributed by atoms with van der Waals surface area (Å²) in [7, 11) is 0. The first-order valence-corrected chi connectivity index (χ1v) is 5.81. The second-order valence-electron chi connectivity index (χ2n) is 4.03. The minimum Gasteiger partial charge on any atom is -0.381 e. The molecule has 0 saturated heterocycles. The molecular weight excluding hydrogens is 204 g/mol. The summed E-state index contributed by atoms with van der Waals surface area (Å²) in [5.41, 5.74) is 0. The van der Waals surface area contributed by atoms with Gasteiger partial charge in [0.05, 0.1) is 13.1 Å². The van der Waals surface area contributed by atoms with E-state index in [-0.39, 0.29) is 12.5 Å². The van der Waals surface area contributed by atoms with Gasteiger partial charge in [-0.1, -0.05) is 5.92 Å². The fraction of sp³-hybridized carbons (Fsp3) is 0.750. The minimum atomic E-state index is -0.0163. The zero-order valence-electron chi connectivity index (χ0n) is 9.63. The summed E-state index contributed by atoms with van der Waals surface area (Å²) in [6.07, 6.45) is 8.54. The van der Waals surface area contributed by atoms with E-state index >= 15 is 0 Å². The van der Waals surface area contributed by atoms with Gasteiger partial charge in [0.1, 0.15) is 0 Å². The minimum absolute atomic E-state index is 0.0163. The lowest BCUT2D eigenvalue weighted by molar-refractivity contribution is -0.120. The van der Waals surface area contributed by atoms with Crippen LogP contribution in [0.15, 0.2) is 0 Å². The molecular formula is C12H20N2O2. The molecule has 0 aliphatic heterocycles. The van der Waals surface area contributed by atoms with Crippen LogP contribution in [-0.2, 0) is 9.53 Å². The molecule has 16 heavy (non-hydrogen) atoms. The smallest absolute Gasteiger partial charge is 0.233 e. The molecule has 0 spiro atoms. The van der Waals surface area contributed by atoms with Crippen LogP contribution in [-0.4, -0.2) is 38.8 Å². The number of hydrogen-bond acceptors (Lipinski definition) is 3. The summed E-state index contributed by atoms with van der Waals surface area (Å²) in [5.74, 6) is 3.20. The first-order valence-electron chi connectivity index (χ1n) is 5.81. The number of carbonyl (C=O) groups excluding carboxylic acids is 1. The first kappa shape index (κ1) is 13.0. The highest BCUT2D eigenvalue weighted by molar-refractivity contribution is 5.77. The van der Waals surface area contributed by atoms with Crippen LogP contribution in [0, 0.1) is 18.3 Å². The molecule has 90 valence electrons. The number of carbonyl (C=O) groups is 1. The number of nitrogens with one attached hydrogen (secondary N) is 2. The maximum absolute atomic E-state index is 11.2. The Bertz CT molecular complexity index is 244. The largest absolute Gasteiger partial charge is 0.381 e. The van der Waals surface area contributed by atoms with Crippen molar-refractivity contribution in [2.45, 2.75) is 19.3 Å². The van der Waals surface area contributed by atoms with E-state index in [0.29, 0.717) is 13.1 Å². The molecule has 1 saturated carbocycles. The van der Waals surface area contributed by atoms with Gasteiger partial charge in [0.2, 0.25) is 5.91 Å². The van der Waals surface area contributed by atoms with Gasteiger partial charge in [-0.2, -0.15) is 0 Å². The Morgan fingerprint density at radius 3 is 3.00 bits per heavy atom. The van der Waals surface area contributed by atoms with Gasteiger partial charge in [0, 0.05) is 19.8 Å². The third-order valence-corrected chi connectivity index (χ3v) is 2.35. The van der Waals surface area contributed by atoms with Crippen LogP contribution in [0.5, 0.6) is 0 Å². The maximum Gasteiger partial charge on any atom is 0.233 e. The number of terminal acetylenes is 1. The Morgan fingerprint density at radius 1 is 1.50 bits per heavy atom. The molecule has 1 aliphatic carbocycles. The van der Waals surface area contributed by atoms with Gasteiger partial charge < -0.3 is 10.1 Å². The van der Waals surface area contributed by atoms with E-state index in [1.807, 2.05) is 0 Å². The zero-order valence-corrected chi connectivity index (χ0v) is 9.63.